The van der Waals surface area contributed by atoms with Crippen LogP contribution in [0, 0.1) is 0 Å². The van der Waals surface area contributed by atoms with Gasteiger partial charge in [0.25, 0.3) is 0 Å². The van der Waals surface area contributed by atoms with Gasteiger partial charge in [0.05, 0.1) is 0 Å². The van der Waals surface area contributed by atoms with Crippen LogP contribution in [0.1, 0.15) is 2.85 Å². The van der Waals surface area contributed by atoms with Crippen molar-refractivity contribution in [3.05, 3.63) is 0 Å². The second kappa shape index (κ2) is 16.8. The van der Waals surface area contributed by atoms with E-state index in [1.54, 1.807) is 0 Å². The fourth-order valence-corrected chi connectivity index (χ4v) is 0. The Hall–Kier alpha value is 2.90. The standard InChI is InChI=1S/Cu.O.Sr.Y.2H/q;;+2;;2*-1. The molecule has 0 saturated carbocycles. The van der Waals surface area contributed by atoms with Crippen LogP contribution >= 0.6 is 0 Å². The largest absolute Gasteiger partial charge is 2.00 e. The molecule has 0 amide bonds. The van der Waals surface area contributed by atoms with Gasteiger partial charge in [-0.25, -0.2) is 0 Å². The first-order valence-corrected chi connectivity index (χ1v) is 0.508. The molecular weight excluding hydrogens is 256 g/mol. The first-order valence-electron chi connectivity index (χ1n) is 0.123. The molecule has 0 heterocycles. The van der Waals surface area contributed by atoms with Crippen molar-refractivity contribution in [3.8, 4) is 0 Å². The van der Waals surface area contributed by atoms with Crippen molar-refractivity contribution in [2.24, 2.45) is 0 Å². The third-order valence-corrected chi connectivity index (χ3v) is 0. The van der Waals surface area contributed by atoms with Crippen LogP contribution in [0.2, 0.25) is 0 Å². The van der Waals surface area contributed by atoms with Gasteiger partial charge in [-0.05, 0) is 0 Å². The molecule has 0 aliphatic heterocycles. The molecule has 4 heteroatoms. The molecule has 0 N–H and O–H groups in total. The molecule has 0 saturated heterocycles. The Labute approximate surface area is 98.4 Å². The maximum Gasteiger partial charge on any atom is 2.00 e. The molecule has 0 aliphatic rings. The van der Waals surface area contributed by atoms with Gasteiger partial charge in [-0.3, -0.25) is 0 Å². The summed E-state index contributed by atoms with van der Waals surface area (Å²) in [5.74, 6) is 0. The van der Waals surface area contributed by atoms with Crippen LogP contribution in [-0.2, 0) is 52.5 Å². The van der Waals surface area contributed by atoms with Gasteiger partial charge in [0.2, 0.25) is 0 Å². The number of hydrogen-bond acceptors (Lipinski definition) is 1. The van der Waals surface area contributed by atoms with Gasteiger partial charge in [-0.1, -0.05) is 0 Å². The molecule has 1 nitrogen and oxygen atoms in total. The second-order valence-electron chi connectivity index (χ2n) is 0. The first kappa shape index (κ1) is 15.8. The van der Waals surface area contributed by atoms with Crippen molar-refractivity contribution < 1.29 is 55.3 Å². The Balaban J connectivity index is -0.000000000833. The minimum atomic E-state index is 0. The molecule has 0 rings (SSSR count). The SMILES string of the molecule is [H-].[H-].[O]=[Cu].[Sr+2].[Y]. The van der Waals surface area contributed by atoms with E-state index < -0.39 is 0 Å². The molecule has 0 fully saturated rings. The predicted octanol–water partition coefficient (Wildman–Crippen LogP) is -0.280. The molecule has 1 radical (unpaired) electrons. The number of hydrogen-bond donors (Lipinski definition) is 0. The normalized spacial score (nSPS) is 1.50. The van der Waals surface area contributed by atoms with Crippen LogP contribution in [-0.4, -0.2) is 45.5 Å². The van der Waals surface area contributed by atoms with E-state index in [4.69, 9.17) is 3.83 Å². The summed E-state index contributed by atoms with van der Waals surface area (Å²) in [5.41, 5.74) is 0. The average Bonchev–Trinajstić information content (AvgIpc) is 1.00. The Morgan fingerprint density at radius 3 is 1.50 bits per heavy atom. The van der Waals surface area contributed by atoms with E-state index in [0.29, 0.717) is 0 Å². The fourth-order valence-electron chi connectivity index (χ4n) is 0. The van der Waals surface area contributed by atoms with E-state index in [1.165, 1.54) is 0 Å². The Morgan fingerprint density at radius 2 is 1.50 bits per heavy atom. The van der Waals surface area contributed by atoms with Crippen LogP contribution in [0.5, 0.6) is 0 Å². The summed E-state index contributed by atoms with van der Waals surface area (Å²) in [4.78, 5) is 0. The molecule has 24 valence electrons. The molecule has 0 aliphatic carbocycles. The summed E-state index contributed by atoms with van der Waals surface area (Å²) in [5, 5.41) is 0. The van der Waals surface area contributed by atoms with Gasteiger partial charge in [0.1, 0.15) is 0 Å². The van der Waals surface area contributed by atoms with Gasteiger partial charge < -0.3 is 2.85 Å². The maximum absolute atomic E-state index is 7.81. The minimum Gasteiger partial charge on any atom is 0 e. The molecule has 0 unspecified atom stereocenters. The summed E-state index contributed by atoms with van der Waals surface area (Å²) in [6, 6.07) is 0. The Kier molecular flexibility index (Phi) is 66.5. The zero-order valence-electron chi connectivity index (χ0n) is 3.99. The average molecular weight is 258 g/mol. The van der Waals surface area contributed by atoms with E-state index in [2.05, 4.69) is 15.9 Å². The van der Waals surface area contributed by atoms with Crippen molar-refractivity contribution >= 4 is 45.5 Å². The third kappa shape index (κ3) is 8.86. The molecule has 0 spiro atoms. The molecule has 0 bridgehead atoms. The Bertz CT molecular complexity index is 13.5. The van der Waals surface area contributed by atoms with Crippen molar-refractivity contribution in [1.82, 2.24) is 0 Å². The zero-order chi connectivity index (χ0) is 2.00. The molecule has 0 aromatic carbocycles. The van der Waals surface area contributed by atoms with Gasteiger partial charge in [0.15, 0.2) is 0 Å². The smallest absolute Gasteiger partial charge is 0 e. The van der Waals surface area contributed by atoms with Crippen molar-refractivity contribution in [1.29, 1.82) is 0 Å². The Morgan fingerprint density at radius 1 is 1.50 bits per heavy atom. The summed E-state index contributed by atoms with van der Waals surface area (Å²) in [6.07, 6.45) is 0. The van der Waals surface area contributed by atoms with Crippen molar-refractivity contribution in [2.75, 3.05) is 0 Å². The van der Waals surface area contributed by atoms with Crippen LogP contribution < -0.4 is 0 Å². The summed E-state index contributed by atoms with van der Waals surface area (Å²) >= 11 is 2.94. The predicted molar refractivity (Wildman–Crippen MR) is 8.66 cm³/mol. The molecule has 0 aromatic heterocycles. The van der Waals surface area contributed by atoms with E-state index in [9.17, 15) is 0 Å². The summed E-state index contributed by atoms with van der Waals surface area (Å²) < 4.78 is 7.81. The molecule has 0 aromatic rings. The van der Waals surface area contributed by atoms with E-state index >= 15 is 0 Å². The second-order valence-corrected chi connectivity index (χ2v) is 0. The van der Waals surface area contributed by atoms with Crippen LogP contribution in [0.15, 0.2) is 0 Å². The van der Waals surface area contributed by atoms with Crippen molar-refractivity contribution in [3.63, 3.8) is 0 Å². The third-order valence-electron chi connectivity index (χ3n) is 0. The topological polar surface area (TPSA) is 17.1 Å². The van der Waals surface area contributed by atoms with Gasteiger partial charge in [-0.15, -0.1) is 0 Å². The van der Waals surface area contributed by atoms with E-state index in [-0.39, 0.29) is 81.0 Å². The van der Waals surface area contributed by atoms with Gasteiger partial charge in [-0.2, -0.15) is 0 Å². The van der Waals surface area contributed by atoms with E-state index in [0.717, 1.165) is 0 Å². The summed E-state index contributed by atoms with van der Waals surface area (Å²) in [7, 11) is 0. The molecule has 0 atom stereocenters. The minimum absolute atomic E-state index is 0. The van der Waals surface area contributed by atoms with Gasteiger partial charge in [0, 0.05) is 32.7 Å². The monoisotopic (exact) mass is 258 g/mol. The van der Waals surface area contributed by atoms with Crippen LogP contribution in [0.25, 0.3) is 0 Å². The molecular formula is H2CuOSrY. The quantitative estimate of drug-likeness (QED) is 0.546. The fraction of sp³-hybridized carbons (Fsp3) is 0. The van der Waals surface area contributed by atoms with Gasteiger partial charge >= 0.3 is 65.3 Å². The number of rotatable bonds is 0. The zero-order valence-corrected chi connectivity index (χ0v) is 9.25. The van der Waals surface area contributed by atoms with E-state index in [1.807, 2.05) is 0 Å². The van der Waals surface area contributed by atoms with Crippen LogP contribution in [0.4, 0.5) is 0 Å². The van der Waals surface area contributed by atoms with Crippen LogP contribution in [0.3, 0.4) is 0 Å². The van der Waals surface area contributed by atoms with Crippen molar-refractivity contribution in [2.45, 2.75) is 0 Å². The molecule has 4 heavy (non-hydrogen) atoms. The maximum atomic E-state index is 7.81. The first-order chi connectivity index (χ1) is 1.00. The summed E-state index contributed by atoms with van der Waals surface area (Å²) in [6.45, 7) is 0.